The summed E-state index contributed by atoms with van der Waals surface area (Å²) in [4.78, 5) is 18.1. The van der Waals surface area contributed by atoms with E-state index in [4.69, 9.17) is 9.47 Å². The highest BCUT2D eigenvalue weighted by Crippen LogP contribution is 2.45. The molecule has 0 unspecified atom stereocenters. The highest BCUT2D eigenvalue weighted by molar-refractivity contribution is 5.75. The zero-order valence-corrected chi connectivity index (χ0v) is 19.9. The number of nitrogens with zero attached hydrogens (tertiary/aromatic N) is 2. The van der Waals surface area contributed by atoms with Crippen LogP contribution in [0.5, 0.6) is 11.5 Å². The Bertz CT molecular complexity index is 996. The van der Waals surface area contributed by atoms with Crippen LogP contribution in [0.2, 0.25) is 0 Å². The van der Waals surface area contributed by atoms with E-state index in [1.165, 1.54) is 17.5 Å². The lowest BCUT2D eigenvalue weighted by molar-refractivity contribution is 0.00522. The van der Waals surface area contributed by atoms with Crippen molar-refractivity contribution < 1.29 is 14.3 Å². The number of urea groups is 1. The van der Waals surface area contributed by atoms with E-state index in [2.05, 4.69) is 46.3 Å². The number of hydrogen-bond donors (Lipinski definition) is 1. The van der Waals surface area contributed by atoms with Gasteiger partial charge in [0, 0.05) is 31.7 Å². The molecule has 2 aromatic rings. The van der Waals surface area contributed by atoms with Crippen molar-refractivity contribution in [3.63, 3.8) is 0 Å². The zero-order chi connectivity index (χ0) is 22.9. The Labute approximate surface area is 196 Å². The van der Waals surface area contributed by atoms with Crippen molar-refractivity contribution in [2.45, 2.75) is 50.7 Å². The molecule has 0 aromatic heterocycles. The van der Waals surface area contributed by atoms with Gasteiger partial charge in [0.15, 0.2) is 11.5 Å². The van der Waals surface area contributed by atoms with Gasteiger partial charge in [0.2, 0.25) is 0 Å². The van der Waals surface area contributed by atoms with Crippen LogP contribution >= 0.6 is 0 Å². The Kier molecular flexibility index (Phi) is 6.19. The number of benzene rings is 2. The second kappa shape index (κ2) is 9.26. The van der Waals surface area contributed by atoms with Gasteiger partial charge in [0.1, 0.15) is 0 Å². The van der Waals surface area contributed by atoms with Crippen LogP contribution in [0.3, 0.4) is 0 Å². The number of fused-ring (bicyclic) bond motifs is 4. The van der Waals surface area contributed by atoms with Gasteiger partial charge in [-0.1, -0.05) is 30.3 Å². The van der Waals surface area contributed by atoms with Crippen molar-refractivity contribution in [1.82, 2.24) is 15.1 Å². The summed E-state index contributed by atoms with van der Waals surface area (Å²) < 4.78 is 11.2. The largest absolute Gasteiger partial charge is 0.493 e. The quantitative estimate of drug-likeness (QED) is 0.744. The van der Waals surface area contributed by atoms with Crippen LogP contribution in [-0.4, -0.2) is 55.7 Å². The van der Waals surface area contributed by atoms with E-state index in [1.54, 1.807) is 14.2 Å². The van der Waals surface area contributed by atoms with Gasteiger partial charge in [-0.05, 0) is 67.3 Å². The topological polar surface area (TPSA) is 54.0 Å². The molecule has 0 spiro atoms. The minimum absolute atomic E-state index is 0.00806. The molecule has 0 bridgehead atoms. The van der Waals surface area contributed by atoms with Gasteiger partial charge in [0.25, 0.3) is 0 Å². The summed E-state index contributed by atoms with van der Waals surface area (Å²) in [6.45, 7) is 5.02. The Morgan fingerprint density at radius 2 is 1.85 bits per heavy atom. The van der Waals surface area contributed by atoms with Gasteiger partial charge in [-0.3, -0.25) is 4.90 Å². The molecule has 3 aliphatic rings. The van der Waals surface area contributed by atoms with Crippen LogP contribution in [0.1, 0.15) is 55.0 Å². The van der Waals surface area contributed by atoms with Crippen LogP contribution in [0.4, 0.5) is 4.79 Å². The Morgan fingerprint density at radius 3 is 2.61 bits per heavy atom. The first kappa shape index (κ1) is 22.1. The molecular formula is C27H35N3O3. The first-order chi connectivity index (χ1) is 16.1. The fourth-order valence-corrected chi connectivity index (χ4v) is 6.12. The van der Waals surface area contributed by atoms with Crippen LogP contribution in [0.15, 0.2) is 42.5 Å². The number of carbonyl (C=O) groups excluding carboxylic acids is 1. The standard InChI is InChI=1S/C27H35N3O3/c1-18(19-8-5-4-6-9-19)28-27(31)30-12-7-10-21-17-29-13-11-20-14-25(32-2)26(33-3)15-22(20)24(29)16-23(21)30/h4-6,8-9,14-15,18,21,23-24H,7,10-13,16-17H2,1-3H3,(H,28,31)/t18-,21+,23-,24-/m1/s1. The monoisotopic (exact) mass is 449 g/mol. The normalized spacial score (nSPS) is 25.3. The summed E-state index contributed by atoms with van der Waals surface area (Å²) >= 11 is 0. The van der Waals surface area contributed by atoms with Crippen molar-refractivity contribution in [3.05, 3.63) is 59.2 Å². The summed E-state index contributed by atoms with van der Waals surface area (Å²) in [6.07, 6.45) is 4.28. The third kappa shape index (κ3) is 4.17. The average molecular weight is 450 g/mol. The molecule has 2 amide bonds. The average Bonchev–Trinajstić information content (AvgIpc) is 2.86. The predicted octanol–water partition coefficient (Wildman–Crippen LogP) is 4.56. The van der Waals surface area contributed by atoms with E-state index in [0.29, 0.717) is 12.0 Å². The van der Waals surface area contributed by atoms with Gasteiger partial charge < -0.3 is 19.7 Å². The molecule has 2 saturated heterocycles. The molecule has 2 aromatic carbocycles. The van der Waals surface area contributed by atoms with E-state index in [0.717, 1.165) is 56.0 Å². The molecular weight excluding hydrogens is 414 g/mol. The van der Waals surface area contributed by atoms with Gasteiger partial charge in [-0.15, -0.1) is 0 Å². The molecule has 0 saturated carbocycles. The lowest BCUT2D eigenvalue weighted by atomic mass is 9.76. The number of rotatable bonds is 4. The van der Waals surface area contributed by atoms with E-state index in [1.807, 2.05) is 18.2 Å². The minimum atomic E-state index is -0.00806. The van der Waals surface area contributed by atoms with Crippen LogP contribution in [-0.2, 0) is 6.42 Å². The Balaban J connectivity index is 1.37. The smallest absolute Gasteiger partial charge is 0.318 e. The van der Waals surface area contributed by atoms with E-state index < -0.39 is 0 Å². The van der Waals surface area contributed by atoms with Crippen molar-refractivity contribution in [2.75, 3.05) is 33.9 Å². The number of ether oxygens (including phenoxy) is 2. The first-order valence-electron chi connectivity index (χ1n) is 12.2. The summed E-state index contributed by atoms with van der Waals surface area (Å²) in [5.74, 6) is 2.12. The lowest BCUT2D eigenvalue weighted by Crippen LogP contribution is -2.59. The molecule has 0 aliphatic carbocycles. The van der Waals surface area contributed by atoms with Crippen LogP contribution in [0, 0.1) is 5.92 Å². The van der Waals surface area contributed by atoms with E-state index in [-0.39, 0.29) is 18.1 Å². The van der Waals surface area contributed by atoms with Gasteiger partial charge in [-0.2, -0.15) is 0 Å². The molecule has 6 nitrogen and oxygen atoms in total. The molecule has 3 aliphatic heterocycles. The van der Waals surface area contributed by atoms with Crippen molar-refractivity contribution in [1.29, 1.82) is 0 Å². The third-order valence-electron chi connectivity index (χ3n) is 7.87. The van der Waals surface area contributed by atoms with Crippen LogP contribution < -0.4 is 14.8 Å². The van der Waals surface area contributed by atoms with Crippen molar-refractivity contribution in [3.8, 4) is 11.5 Å². The van der Waals surface area contributed by atoms with Gasteiger partial charge >= 0.3 is 6.03 Å². The number of hydrogen-bond acceptors (Lipinski definition) is 4. The summed E-state index contributed by atoms with van der Waals surface area (Å²) in [7, 11) is 3.39. The number of carbonyl (C=O) groups is 1. The third-order valence-corrected chi connectivity index (χ3v) is 7.87. The highest BCUT2D eigenvalue weighted by Gasteiger charge is 2.44. The molecule has 5 rings (SSSR count). The molecule has 1 N–H and O–H groups in total. The second-order valence-corrected chi connectivity index (χ2v) is 9.65. The fraction of sp³-hybridized carbons (Fsp3) is 0.519. The number of methoxy groups -OCH3 is 2. The zero-order valence-electron chi connectivity index (χ0n) is 19.9. The van der Waals surface area contributed by atoms with Gasteiger partial charge in [0.05, 0.1) is 20.3 Å². The Morgan fingerprint density at radius 1 is 1.09 bits per heavy atom. The first-order valence-corrected chi connectivity index (χ1v) is 12.2. The maximum Gasteiger partial charge on any atom is 0.318 e. The summed E-state index contributed by atoms with van der Waals surface area (Å²) in [5, 5.41) is 3.26. The molecule has 3 heterocycles. The number of likely N-dealkylation sites (tertiary alicyclic amines) is 1. The number of nitrogens with one attached hydrogen (secondary N) is 1. The molecule has 6 heteroatoms. The van der Waals surface area contributed by atoms with Crippen molar-refractivity contribution >= 4 is 6.03 Å². The molecule has 176 valence electrons. The van der Waals surface area contributed by atoms with Crippen LogP contribution in [0.25, 0.3) is 0 Å². The maximum atomic E-state index is 13.4. The lowest BCUT2D eigenvalue weighted by Gasteiger charge is -2.52. The predicted molar refractivity (Wildman–Crippen MR) is 129 cm³/mol. The minimum Gasteiger partial charge on any atom is -0.493 e. The molecule has 33 heavy (non-hydrogen) atoms. The Hall–Kier alpha value is -2.73. The molecule has 4 atom stereocenters. The SMILES string of the molecule is COc1cc2c(cc1OC)[C@H]1C[C@@H]3[C@@H](CCCN3C(=O)N[C@H](C)c3ccccc3)CN1CC2. The fourth-order valence-electron chi connectivity index (χ4n) is 6.12. The van der Waals surface area contributed by atoms with E-state index >= 15 is 0 Å². The highest BCUT2D eigenvalue weighted by atomic mass is 16.5. The van der Waals surface area contributed by atoms with Crippen molar-refractivity contribution in [2.24, 2.45) is 5.92 Å². The summed E-state index contributed by atoms with van der Waals surface area (Å²) in [5.41, 5.74) is 3.81. The number of piperidine rings is 2. The molecule has 0 radical (unpaired) electrons. The number of amides is 2. The van der Waals surface area contributed by atoms with Gasteiger partial charge in [-0.25, -0.2) is 4.79 Å². The van der Waals surface area contributed by atoms with E-state index in [9.17, 15) is 4.79 Å². The summed E-state index contributed by atoms with van der Waals surface area (Å²) in [6, 6.07) is 15.1. The maximum absolute atomic E-state index is 13.4. The second-order valence-electron chi connectivity index (χ2n) is 9.65. The molecule has 2 fully saturated rings.